The van der Waals surface area contributed by atoms with E-state index >= 15 is 0 Å². The number of nitro groups is 1. The second-order valence-corrected chi connectivity index (χ2v) is 6.62. The maximum atomic E-state index is 12.3. The molecule has 0 aromatic heterocycles. The number of hydrogen-bond acceptors (Lipinski definition) is 6. The molecule has 0 radical (unpaired) electrons. The number of benzene rings is 2. The summed E-state index contributed by atoms with van der Waals surface area (Å²) >= 11 is 0. The van der Waals surface area contributed by atoms with Gasteiger partial charge in [-0.05, 0) is 49.2 Å². The molecule has 1 heterocycles. The number of anilines is 2. The van der Waals surface area contributed by atoms with Crippen molar-refractivity contribution in [3.05, 3.63) is 58.1 Å². The molecule has 0 bridgehead atoms. The van der Waals surface area contributed by atoms with Crippen molar-refractivity contribution in [1.82, 2.24) is 4.90 Å². The van der Waals surface area contributed by atoms with Crippen molar-refractivity contribution in [3.63, 3.8) is 0 Å². The Morgan fingerprint density at radius 2 is 1.83 bits per heavy atom. The van der Waals surface area contributed by atoms with Gasteiger partial charge < -0.3 is 20.3 Å². The molecule has 0 spiro atoms. The van der Waals surface area contributed by atoms with Crippen molar-refractivity contribution in [1.29, 1.82) is 0 Å². The third-order valence-corrected chi connectivity index (χ3v) is 4.65. The lowest BCUT2D eigenvalue weighted by atomic mass is 10.2. The monoisotopic (exact) mass is 398 g/mol. The standard InChI is InChI=1S/C20H22N4O5/c1-29-16-8-9-17(18(12-16)24(27)28)22-19(25)13-21-15-6-4-14(5-7-15)20(26)23-10-2-3-11-23/h4-9,12,21H,2-3,10-11,13H2,1H3,(H,22,25). The smallest absolute Gasteiger partial charge is 0.296 e. The number of amides is 2. The Balaban J connectivity index is 1.57. The molecule has 0 unspecified atom stereocenters. The normalized spacial score (nSPS) is 13.1. The third kappa shape index (κ3) is 5.01. The third-order valence-electron chi connectivity index (χ3n) is 4.65. The molecule has 9 nitrogen and oxygen atoms in total. The van der Waals surface area contributed by atoms with Crippen LogP contribution in [0.1, 0.15) is 23.2 Å². The molecule has 2 N–H and O–H groups in total. The summed E-state index contributed by atoms with van der Waals surface area (Å²) in [5.41, 5.74) is 1.12. The van der Waals surface area contributed by atoms with E-state index in [-0.39, 0.29) is 23.8 Å². The number of likely N-dealkylation sites (tertiary alicyclic amines) is 1. The lowest BCUT2D eigenvalue weighted by molar-refractivity contribution is -0.384. The minimum Gasteiger partial charge on any atom is -0.496 e. The molecule has 0 aliphatic carbocycles. The second-order valence-electron chi connectivity index (χ2n) is 6.62. The fourth-order valence-electron chi connectivity index (χ4n) is 3.11. The summed E-state index contributed by atoms with van der Waals surface area (Å²) in [6, 6.07) is 11.1. The summed E-state index contributed by atoms with van der Waals surface area (Å²) in [5, 5.41) is 16.6. The van der Waals surface area contributed by atoms with Crippen molar-refractivity contribution in [2.24, 2.45) is 0 Å². The van der Waals surface area contributed by atoms with Crippen molar-refractivity contribution < 1.29 is 19.2 Å². The topological polar surface area (TPSA) is 114 Å². The summed E-state index contributed by atoms with van der Waals surface area (Å²) in [5.74, 6) is -0.0921. The Morgan fingerprint density at radius 3 is 2.45 bits per heavy atom. The van der Waals surface area contributed by atoms with E-state index in [2.05, 4.69) is 10.6 Å². The van der Waals surface area contributed by atoms with Gasteiger partial charge >= 0.3 is 0 Å². The molecule has 2 aromatic rings. The quantitative estimate of drug-likeness (QED) is 0.548. The number of nitrogens with zero attached hydrogens (tertiary/aromatic N) is 2. The van der Waals surface area contributed by atoms with Crippen LogP contribution in [0, 0.1) is 10.1 Å². The highest BCUT2D eigenvalue weighted by molar-refractivity contribution is 5.96. The first-order chi connectivity index (χ1) is 14.0. The maximum absolute atomic E-state index is 12.3. The van der Waals surface area contributed by atoms with Crippen LogP contribution in [0.5, 0.6) is 5.75 Å². The van der Waals surface area contributed by atoms with Crippen molar-refractivity contribution in [2.75, 3.05) is 37.4 Å². The van der Waals surface area contributed by atoms with Gasteiger partial charge in [-0.15, -0.1) is 0 Å². The van der Waals surface area contributed by atoms with E-state index in [1.54, 1.807) is 24.3 Å². The number of hydrogen-bond donors (Lipinski definition) is 2. The zero-order chi connectivity index (χ0) is 20.8. The highest BCUT2D eigenvalue weighted by Crippen LogP contribution is 2.28. The molecule has 0 saturated carbocycles. The summed E-state index contributed by atoms with van der Waals surface area (Å²) in [4.78, 5) is 36.9. The van der Waals surface area contributed by atoms with Crippen LogP contribution < -0.4 is 15.4 Å². The number of nitro benzene ring substituents is 1. The molecule has 1 aliphatic heterocycles. The average molecular weight is 398 g/mol. The van der Waals surface area contributed by atoms with Gasteiger partial charge in [-0.25, -0.2) is 0 Å². The van der Waals surface area contributed by atoms with Crippen LogP contribution in [-0.2, 0) is 4.79 Å². The number of methoxy groups -OCH3 is 1. The number of ether oxygens (including phenoxy) is 1. The van der Waals surface area contributed by atoms with Crippen LogP contribution in [0.4, 0.5) is 17.1 Å². The summed E-state index contributed by atoms with van der Waals surface area (Å²) in [6.07, 6.45) is 2.07. The molecule has 1 saturated heterocycles. The van der Waals surface area contributed by atoms with E-state index in [9.17, 15) is 19.7 Å². The summed E-state index contributed by atoms with van der Waals surface area (Å²) < 4.78 is 4.97. The van der Waals surface area contributed by atoms with Crippen LogP contribution in [0.3, 0.4) is 0 Å². The second kappa shape index (κ2) is 9.05. The Kier molecular flexibility index (Phi) is 6.28. The van der Waals surface area contributed by atoms with Crippen molar-refractivity contribution in [2.45, 2.75) is 12.8 Å². The van der Waals surface area contributed by atoms with Crippen LogP contribution in [0.15, 0.2) is 42.5 Å². The van der Waals surface area contributed by atoms with Gasteiger partial charge in [-0.3, -0.25) is 19.7 Å². The van der Waals surface area contributed by atoms with Gasteiger partial charge in [0.15, 0.2) is 0 Å². The zero-order valence-electron chi connectivity index (χ0n) is 16.0. The van der Waals surface area contributed by atoms with E-state index in [0.29, 0.717) is 17.0 Å². The molecule has 2 amide bonds. The lowest BCUT2D eigenvalue weighted by Crippen LogP contribution is -2.27. The molecule has 1 aliphatic rings. The highest BCUT2D eigenvalue weighted by Gasteiger charge is 2.19. The first kappa shape index (κ1) is 20.1. The first-order valence-corrected chi connectivity index (χ1v) is 9.23. The van der Waals surface area contributed by atoms with Crippen LogP contribution in [-0.4, -0.2) is 48.4 Å². The average Bonchev–Trinajstić information content (AvgIpc) is 3.27. The number of carbonyl (C=O) groups is 2. The fraction of sp³-hybridized carbons (Fsp3) is 0.300. The molecular formula is C20H22N4O5. The van der Waals surface area contributed by atoms with E-state index < -0.39 is 10.8 Å². The van der Waals surface area contributed by atoms with Crippen molar-refractivity contribution >= 4 is 28.9 Å². The van der Waals surface area contributed by atoms with E-state index in [4.69, 9.17) is 4.74 Å². The van der Waals surface area contributed by atoms with Gasteiger partial charge in [0.1, 0.15) is 11.4 Å². The lowest BCUT2D eigenvalue weighted by Gasteiger charge is -2.15. The number of rotatable bonds is 7. The minimum atomic E-state index is -0.582. The van der Waals surface area contributed by atoms with E-state index in [1.807, 2.05) is 4.90 Å². The largest absolute Gasteiger partial charge is 0.496 e. The van der Waals surface area contributed by atoms with E-state index in [1.165, 1.54) is 25.3 Å². The SMILES string of the molecule is COc1ccc(NC(=O)CNc2ccc(C(=O)N3CCCC3)cc2)c([N+](=O)[O-])c1. The predicted molar refractivity (Wildman–Crippen MR) is 108 cm³/mol. The molecular weight excluding hydrogens is 376 g/mol. The predicted octanol–water partition coefficient (Wildman–Crippen LogP) is 2.89. The summed E-state index contributed by atoms with van der Waals surface area (Å²) in [6.45, 7) is 1.50. The van der Waals surface area contributed by atoms with Crippen LogP contribution >= 0.6 is 0 Å². The van der Waals surface area contributed by atoms with Crippen LogP contribution in [0.2, 0.25) is 0 Å². The molecule has 1 fully saturated rings. The Morgan fingerprint density at radius 1 is 1.14 bits per heavy atom. The molecule has 29 heavy (non-hydrogen) atoms. The van der Waals surface area contributed by atoms with Crippen LogP contribution in [0.25, 0.3) is 0 Å². The van der Waals surface area contributed by atoms with E-state index in [0.717, 1.165) is 25.9 Å². The molecule has 2 aromatic carbocycles. The molecule has 0 atom stereocenters. The molecule has 3 rings (SSSR count). The van der Waals surface area contributed by atoms with Crippen molar-refractivity contribution in [3.8, 4) is 5.75 Å². The first-order valence-electron chi connectivity index (χ1n) is 9.23. The van der Waals surface area contributed by atoms with Gasteiger partial charge in [-0.2, -0.15) is 0 Å². The molecule has 9 heteroatoms. The minimum absolute atomic E-state index is 0.0126. The highest BCUT2D eigenvalue weighted by atomic mass is 16.6. The van der Waals surface area contributed by atoms with Gasteiger partial charge in [0.05, 0.1) is 24.6 Å². The zero-order valence-corrected chi connectivity index (χ0v) is 16.0. The number of nitrogens with one attached hydrogen (secondary N) is 2. The maximum Gasteiger partial charge on any atom is 0.296 e. The van der Waals surface area contributed by atoms with Gasteiger partial charge in [-0.1, -0.05) is 0 Å². The molecule has 152 valence electrons. The van der Waals surface area contributed by atoms with Gasteiger partial charge in [0.25, 0.3) is 11.6 Å². The Labute approximate surface area is 167 Å². The van der Waals surface area contributed by atoms with Gasteiger partial charge in [0.2, 0.25) is 5.91 Å². The Hall–Kier alpha value is -3.62. The number of carbonyl (C=O) groups excluding carboxylic acids is 2. The van der Waals surface area contributed by atoms with Gasteiger partial charge in [0, 0.05) is 24.3 Å². The fourth-order valence-corrected chi connectivity index (χ4v) is 3.11. The summed E-state index contributed by atoms with van der Waals surface area (Å²) in [7, 11) is 1.41. The Bertz CT molecular complexity index is 908.